The van der Waals surface area contributed by atoms with Crippen LogP contribution >= 0.6 is 0 Å². The van der Waals surface area contributed by atoms with Crippen molar-refractivity contribution in [3.63, 3.8) is 0 Å². The van der Waals surface area contributed by atoms with E-state index < -0.39 is 44.8 Å². The van der Waals surface area contributed by atoms with Gasteiger partial charge in [-0.05, 0) is 38.0 Å². The molecule has 1 atom stereocenters. The molecule has 1 aliphatic rings. The fraction of sp³-hybridized carbons (Fsp3) is 0.409. The molecule has 1 fully saturated rings. The summed E-state index contributed by atoms with van der Waals surface area (Å²) in [4.78, 5) is 20.0. The lowest BCUT2D eigenvalue weighted by Gasteiger charge is -2.18. The summed E-state index contributed by atoms with van der Waals surface area (Å²) in [6, 6.07) is 0.318. The number of rotatable bonds is 6. The Bertz CT molecular complexity index is 1440. The van der Waals surface area contributed by atoms with Gasteiger partial charge in [-0.3, -0.25) is 9.78 Å². The van der Waals surface area contributed by atoms with Gasteiger partial charge in [-0.2, -0.15) is 31.1 Å². The first-order valence-corrected chi connectivity index (χ1v) is 12.6. The number of hydrogen-bond acceptors (Lipinski definition) is 5. The molecule has 0 aromatic carbocycles. The number of halogens is 6. The van der Waals surface area contributed by atoms with Crippen molar-refractivity contribution >= 4 is 27.0 Å². The number of primary amides is 1. The summed E-state index contributed by atoms with van der Waals surface area (Å²) < 4.78 is 107. The number of amides is 1. The highest BCUT2D eigenvalue weighted by molar-refractivity contribution is 7.89. The molecule has 1 aliphatic carbocycles. The van der Waals surface area contributed by atoms with E-state index in [1.807, 2.05) is 0 Å². The molecule has 0 aliphatic heterocycles. The molecule has 0 unspecified atom stereocenters. The second kappa shape index (κ2) is 9.28. The van der Waals surface area contributed by atoms with Crippen molar-refractivity contribution in [3.05, 3.63) is 41.7 Å². The van der Waals surface area contributed by atoms with E-state index in [2.05, 4.69) is 9.97 Å². The van der Waals surface area contributed by atoms with Crippen molar-refractivity contribution in [2.45, 2.75) is 61.9 Å². The lowest BCUT2D eigenvalue weighted by Crippen LogP contribution is -2.42. The van der Waals surface area contributed by atoms with Crippen molar-refractivity contribution in [1.29, 1.82) is 0 Å². The molecular weight excluding hydrogens is 528 g/mol. The Morgan fingerprint density at radius 1 is 1.11 bits per heavy atom. The molecule has 0 radical (unpaired) electrons. The summed E-state index contributed by atoms with van der Waals surface area (Å²) in [6.45, 7) is 0.640. The highest BCUT2D eigenvalue weighted by Crippen LogP contribution is 2.42. The van der Waals surface area contributed by atoms with Crippen LogP contribution in [0.5, 0.6) is 0 Å². The van der Waals surface area contributed by atoms with Gasteiger partial charge < -0.3 is 10.3 Å². The van der Waals surface area contributed by atoms with Crippen LogP contribution in [0, 0.1) is 0 Å². The van der Waals surface area contributed by atoms with Gasteiger partial charge in [-0.15, -0.1) is 0 Å². The third-order valence-electron chi connectivity index (χ3n) is 6.22. The van der Waals surface area contributed by atoms with Crippen LogP contribution in [-0.4, -0.2) is 41.1 Å². The Labute approximate surface area is 206 Å². The van der Waals surface area contributed by atoms with Crippen LogP contribution in [0.25, 0.3) is 22.4 Å². The smallest absolute Gasteiger partial charge is 0.366 e. The number of nitrogens with zero attached hydrogens (tertiary/aromatic N) is 3. The summed E-state index contributed by atoms with van der Waals surface area (Å²) >= 11 is 0. The fourth-order valence-electron chi connectivity index (χ4n) is 4.41. The average Bonchev–Trinajstić information content (AvgIpc) is 3.43. The Morgan fingerprint density at radius 2 is 1.76 bits per heavy atom. The minimum atomic E-state index is -4.82. The number of nitrogens with two attached hydrogens (primary N) is 1. The summed E-state index contributed by atoms with van der Waals surface area (Å²) in [5, 5.41) is -0.136. The quantitative estimate of drug-likeness (QED) is 0.437. The van der Waals surface area contributed by atoms with E-state index in [-0.39, 0.29) is 34.0 Å². The van der Waals surface area contributed by atoms with Crippen LogP contribution in [-0.2, 0) is 16.2 Å². The third-order valence-corrected chi connectivity index (χ3v) is 7.74. The maximum Gasteiger partial charge on any atom is 0.417 e. The molecule has 200 valence electrons. The first-order chi connectivity index (χ1) is 17.1. The zero-order chi connectivity index (χ0) is 27.3. The van der Waals surface area contributed by atoms with E-state index in [1.54, 1.807) is 4.57 Å². The maximum atomic E-state index is 13.4. The first kappa shape index (κ1) is 26.9. The minimum absolute atomic E-state index is 0.00456. The zero-order valence-electron chi connectivity index (χ0n) is 19.2. The largest absolute Gasteiger partial charge is 0.417 e. The van der Waals surface area contributed by atoms with Crippen LogP contribution < -0.4 is 10.5 Å². The van der Waals surface area contributed by atoms with Gasteiger partial charge in [0, 0.05) is 23.8 Å². The van der Waals surface area contributed by atoms with Crippen LogP contribution in [0.1, 0.15) is 54.6 Å². The summed E-state index contributed by atoms with van der Waals surface area (Å²) in [6.07, 6.45) is -5.17. The molecule has 4 rings (SSSR count). The fourth-order valence-corrected chi connectivity index (χ4v) is 5.58. The SMILES string of the molecule is C[C@H](NS(=O)(=O)c1ccc(-c2c(C(N)=O)c3cc(C(F)(F)F)cnc3n2C2CCCC2)nc1)C(F)(F)F. The third kappa shape index (κ3) is 5.14. The van der Waals surface area contributed by atoms with E-state index in [1.165, 1.54) is 4.72 Å². The van der Waals surface area contributed by atoms with E-state index in [0.717, 1.165) is 37.2 Å². The number of nitrogens with one attached hydrogen (secondary N) is 1. The van der Waals surface area contributed by atoms with Crippen molar-refractivity contribution in [2.75, 3.05) is 0 Å². The van der Waals surface area contributed by atoms with Gasteiger partial charge >= 0.3 is 12.4 Å². The molecular formula is C22H21F6N5O3S. The van der Waals surface area contributed by atoms with Crippen molar-refractivity contribution < 1.29 is 39.6 Å². The molecule has 3 aromatic rings. The standard InChI is InChI=1S/C22H21F6N5O3S/c1-11(21(23,24)25)32-37(35,36)14-6-7-16(30-10-14)18-17(19(29)34)15-8-12(22(26,27)28)9-31-20(15)33(18)13-4-2-3-5-13/h6-11,13,32H,2-5H2,1H3,(H2,29,34)/t11-/m0/s1. The number of carbonyl (C=O) groups is 1. The number of hydrogen-bond donors (Lipinski definition) is 2. The van der Waals surface area contributed by atoms with Gasteiger partial charge in [-0.25, -0.2) is 13.4 Å². The maximum absolute atomic E-state index is 13.4. The van der Waals surface area contributed by atoms with Crippen molar-refractivity contribution in [1.82, 2.24) is 19.3 Å². The normalized spacial score (nSPS) is 16.4. The summed E-state index contributed by atoms with van der Waals surface area (Å²) in [7, 11) is -4.61. The minimum Gasteiger partial charge on any atom is -0.366 e. The van der Waals surface area contributed by atoms with Crippen molar-refractivity contribution in [3.8, 4) is 11.4 Å². The molecule has 15 heteroatoms. The molecule has 1 saturated carbocycles. The molecule has 37 heavy (non-hydrogen) atoms. The zero-order valence-corrected chi connectivity index (χ0v) is 20.0. The number of alkyl halides is 6. The molecule has 1 amide bonds. The van der Waals surface area contributed by atoms with E-state index in [9.17, 15) is 39.6 Å². The van der Waals surface area contributed by atoms with E-state index >= 15 is 0 Å². The summed E-state index contributed by atoms with van der Waals surface area (Å²) in [5.41, 5.74) is 4.36. The Hall–Kier alpha value is -3.20. The van der Waals surface area contributed by atoms with Gasteiger partial charge in [0.25, 0.3) is 5.91 Å². The molecule has 3 aromatic heterocycles. The predicted octanol–water partition coefficient (Wildman–Crippen LogP) is 4.56. The Morgan fingerprint density at radius 3 is 2.27 bits per heavy atom. The van der Waals surface area contributed by atoms with Gasteiger partial charge in [-0.1, -0.05) is 12.8 Å². The highest BCUT2D eigenvalue weighted by atomic mass is 32.2. The van der Waals surface area contributed by atoms with E-state index in [0.29, 0.717) is 26.0 Å². The number of aromatic nitrogens is 3. The first-order valence-electron chi connectivity index (χ1n) is 11.1. The number of pyridine rings is 2. The average molecular weight is 549 g/mol. The van der Waals surface area contributed by atoms with Gasteiger partial charge in [0.2, 0.25) is 10.0 Å². The number of carbonyl (C=O) groups excluding carboxylic acids is 1. The lowest BCUT2D eigenvalue weighted by molar-refractivity contribution is -0.147. The summed E-state index contributed by atoms with van der Waals surface area (Å²) in [5.74, 6) is -1.04. The molecule has 3 N–H and O–H groups in total. The van der Waals surface area contributed by atoms with E-state index in [4.69, 9.17) is 5.73 Å². The highest BCUT2D eigenvalue weighted by Gasteiger charge is 2.39. The van der Waals surface area contributed by atoms with Crippen LogP contribution in [0.3, 0.4) is 0 Å². The number of sulfonamides is 1. The predicted molar refractivity (Wildman–Crippen MR) is 120 cm³/mol. The van der Waals surface area contributed by atoms with Crippen LogP contribution in [0.4, 0.5) is 26.3 Å². The van der Waals surface area contributed by atoms with Crippen LogP contribution in [0.2, 0.25) is 0 Å². The molecule has 0 bridgehead atoms. The van der Waals surface area contributed by atoms with Gasteiger partial charge in [0.15, 0.2) is 0 Å². The van der Waals surface area contributed by atoms with Gasteiger partial charge in [0.1, 0.15) is 16.6 Å². The lowest BCUT2D eigenvalue weighted by atomic mass is 10.1. The molecule has 3 heterocycles. The second-order valence-corrected chi connectivity index (χ2v) is 10.5. The van der Waals surface area contributed by atoms with Gasteiger partial charge in [0.05, 0.1) is 22.5 Å². The monoisotopic (exact) mass is 549 g/mol. The topological polar surface area (TPSA) is 120 Å². The Kier molecular flexibility index (Phi) is 6.73. The molecule has 8 nitrogen and oxygen atoms in total. The molecule has 0 spiro atoms. The number of fused-ring (bicyclic) bond motifs is 1. The van der Waals surface area contributed by atoms with Crippen LogP contribution in [0.15, 0.2) is 35.5 Å². The van der Waals surface area contributed by atoms with Crippen molar-refractivity contribution in [2.24, 2.45) is 5.73 Å². The Balaban J connectivity index is 1.89. The second-order valence-electron chi connectivity index (χ2n) is 8.75. The molecule has 0 saturated heterocycles.